The van der Waals surface area contributed by atoms with E-state index in [1.54, 1.807) is 42.1 Å². The maximum absolute atomic E-state index is 13.4. The van der Waals surface area contributed by atoms with E-state index in [1.165, 1.54) is 0 Å². The monoisotopic (exact) mass is 553 g/mol. The van der Waals surface area contributed by atoms with E-state index in [2.05, 4.69) is 17.6 Å². The van der Waals surface area contributed by atoms with Crippen molar-refractivity contribution in [1.82, 2.24) is 9.80 Å². The number of benzene rings is 3. The normalized spacial score (nSPS) is 13.5. The molecule has 4 rings (SSSR count). The van der Waals surface area contributed by atoms with Crippen molar-refractivity contribution in [2.24, 2.45) is 0 Å². The highest BCUT2D eigenvalue weighted by atomic mass is 16.2. The molecule has 0 aliphatic carbocycles. The van der Waals surface area contributed by atoms with Gasteiger partial charge >= 0.3 is 0 Å². The van der Waals surface area contributed by atoms with Gasteiger partial charge in [-0.15, -0.1) is 0 Å². The van der Waals surface area contributed by atoms with Crippen LogP contribution >= 0.6 is 0 Å². The maximum atomic E-state index is 13.4. The minimum atomic E-state index is -0.238. The third-order valence-corrected chi connectivity index (χ3v) is 7.19. The molecular weight excluding hydrogens is 514 g/mol. The van der Waals surface area contributed by atoms with Gasteiger partial charge in [-0.05, 0) is 68.5 Å². The zero-order valence-corrected chi connectivity index (χ0v) is 24.5. The Bertz CT molecular complexity index is 1430. The Morgan fingerprint density at radius 2 is 1.56 bits per heavy atom. The molecule has 1 aliphatic rings. The molecule has 214 valence electrons. The molecule has 0 unspecified atom stereocenters. The molecule has 0 atom stereocenters. The SMILES string of the molecule is CCCCN(C)C(=O)c1ccc2c(c1)/C(=C(/Nc1ccc(N(C)C(=O)CCN(C)C)cc1)c1ccccc1)C(=O)N2. The summed E-state index contributed by atoms with van der Waals surface area (Å²) in [6, 6.07) is 22.6. The van der Waals surface area contributed by atoms with Crippen LogP contribution in [0.1, 0.15) is 47.7 Å². The summed E-state index contributed by atoms with van der Waals surface area (Å²) in [5.74, 6) is -0.274. The van der Waals surface area contributed by atoms with Gasteiger partial charge < -0.3 is 25.3 Å². The quantitative estimate of drug-likeness (QED) is 0.311. The molecule has 0 saturated carbocycles. The smallest absolute Gasteiger partial charge is 0.258 e. The van der Waals surface area contributed by atoms with Crippen molar-refractivity contribution in [1.29, 1.82) is 0 Å². The number of fused-ring (bicyclic) bond motifs is 1. The van der Waals surface area contributed by atoms with E-state index in [0.717, 1.165) is 29.8 Å². The first-order chi connectivity index (χ1) is 19.7. The molecule has 0 bridgehead atoms. The highest BCUT2D eigenvalue weighted by Crippen LogP contribution is 2.38. The van der Waals surface area contributed by atoms with Gasteiger partial charge in [0.05, 0.1) is 11.3 Å². The van der Waals surface area contributed by atoms with E-state index in [0.29, 0.717) is 47.6 Å². The van der Waals surface area contributed by atoms with Crippen LogP contribution in [0.3, 0.4) is 0 Å². The van der Waals surface area contributed by atoms with E-state index in [9.17, 15) is 14.4 Å². The van der Waals surface area contributed by atoms with Crippen molar-refractivity contribution in [3.8, 4) is 0 Å². The van der Waals surface area contributed by atoms with Crippen LogP contribution < -0.4 is 15.5 Å². The number of anilines is 3. The van der Waals surface area contributed by atoms with Gasteiger partial charge in [0.15, 0.2) is 0 Å². The van der Waals surface area contributed by atoms with Crippen LogP contribution in [0.15, 0.2) is 72.8 Å². The lowest BCUT2D eigenvalue weighted by molar-refractivity contribution is -0.118. The summed E-state index contributed by atoms with van der Waals surface area (Å²) in [6.45, 7) is 3.45. The summed E-state index contributed by atoms with van der Waals surface area (Å²) >= 11 is 0. The number of nitrogens with one attached hydrogen (secondary N) is 2. The molecule has 8 nitrogen and oxygen atoms in total. The van der Waals surface area contributed by atoms with Crippen LogP contribution in [0.25, 0.3) is 11.3 Å². The lowest BCUT2D eigenvalue weighted by Crippen LogP contribution is -2.29. The average Bonchev–Trinajstić information content (AvgIpc) is 3.31. The number of nitrogens with zero attached hydrogens (tertiary/aromatic N) is 3. The van der Waals surface area contributed by atoms with Crippen LogP contribution in [-0.4, -0.2) is 68.8 Å². The number of unbranched alkanes of at least 4 members (excludes halogenated alkanes) is 1. The summed E-state index contributed by atoms with van der Waals surface area (Å²) in [6.07, 6.45) is 2.36. The fourth-order valence-corrected chi connectivity index (χ4v) is 4.69. The molecule has 41 heavy (non-hydrogen) atoms. The Hall–Kier alpha value is -4.43. The Kier molecular flexibility index (Phi) is 9.57. The average molecular weight is 554 g/mol. The number of hydrogen-bond acceptors (Lipinski definition) is 5. The van der Waals surface area contributed by atoms with Crippen LogP contribution in [0.2, 0.25) is 0 Å². The van der Waals surface area contributed by atoms with Crippen LogP contribution in [0, 0.1) is 0 Å². The Morgan fingerprint density at radius 1 is 0.854 bits per heavy atom. The van der Waals surface area contributed by atoms with Gasteiger partial charge in [-0.3, -0.25) is 14.4 Å². The van der Waals surface area contributed by atoms with Crippen LogP contribution in [-0.2, 0) is 9.59 Å². The highest BCUT2D eigenvalue weighted by Gasteiger charge is 2.30. The van der Waals surface area contributed by atoms with Crippen molar-refractivity contribution in [2.45, 2.75) is 26.2 Å². The van der Waals surface area contributed by atoms with Gasteiger partial charge in [0, 0.05) is 61.8 Å². The Balaban J connectivity index is 1.68. The minimum Gasteiger partial charge on any atom is -0.354 e. The largest absolute Gasteiger partial charge is 0.354 e. The topological polar surface area (TPSA) is 85.0 Å². The molecule has 0 spiro atoms. The summed E-state index contributed by atoms with van der Waals surface area (Å²) in [5.41, 5.74) is 5.37. The first-order valence-electron chi connectivity index (χ1n) is 14.0. The number of amides is 3. The van der Waals surface area contributed by atoms with Gasteiger partial charge in [-0.25, -0.2) is 0 Å². The molecule has 0 saturated heterocycles. The van der Waals surface area contributed by atoms with Gasteiger partial charge in [0.25, 0.3) is 11.8 Å². The molecule has 1 aliphatic heterocycles. The zero-order chi connectivity index (χ0) is 29.5. The van der Waals surface area contributed by atoms with E-state index < -0.39 is 0 Å². The van der Waals surface area contributed by atoms with Gasteiger partial charge in [0.2, 0.25) is 5.91 Å². The number of carbonyl (C=O) groups excluding carboxylic acids is 3. The lowest BCUT2D eigenvalue weighted by Gasteiger charge is -2.20. The first kappa shape index (κ1) is 29.6. The van der Waals surface area contributed by atoms with E-state index in [-0.39, 0.29) is 17.7 Å². The number of hydrogen-bond donors (Lipinski definition) is 2. The summed E-state index contributed by atoms with van der Waals surface area (Å²) in [7, 11) is 7.47. The van der Waals surface area contributed by atoms with Crippen LogP contribution in [0.4, 0.5) is 17.1 Å². The standard InChI is InChI=1S/C33H39N5O3/c1-6-7-20-37(4)33(41)24-13-18-28-27(22-24)30(32(40)35-28)31(23-11-9-8-10-12-23)34-25-14-16-26(17-15-25)38(5)29(39)19-21-36(2)3/h8-18,22,34H,6-7,19-21H2,1-5H3,(H,35,40)/b31-30-. The molecule has 0 radical (unpaired) electrons. The van der Waals surface area contributed by atoms with E-state index in [1.807, 2.05) is 73.6 Å². The fraction of sp³-hybridized carbons (Fsp3) is 0.303. The highest BCUT2D eigenvalue weighted by molar-refractivity contribution is 6.37. The zero-order valence-electron chi connectivity index (χ0n) is 24.5. The molecule has 2 N–H and O–H groups in total. The van der Waals surface area contributed by atoms with Crippen molar-refractivity contribution in [2.75, 3.05) is 56.8 Å². The third kappa shape index (κ3) is 7.02. The molecule has 1 heterocycles. The van der Waals surface area contributed by atoms with Gasteiger partial charge in [-0.2, -0.15) is 0 Å². The second-order valence-electron chi connectivity index (χ2n) is 10.6. The van der Waals surface area contributed by atoms with Gasteiger partial charge in [0.1, 0.15) is 0 Å². The lowest BCUT2D eigenvalue weighted by atomic mass is 9.98. The fourth-order valence-electron chi connectivity index (χ4n) is 4.69. The van der Waals surface area contributed by atoms with Crippen molar-refractivity contribution in [3.63, 3.8) is 0 Å². The molecule has 3 aromatic carbocycles. The second kappa shape index (κ2) is 13.3. The summed E-state index contributed by atoms with van der Waals surface area (Å²) < 4.78 is 0. The second-order valence-corrected chi connectivity index (χ2v) is 10.6. The van der Waals surface area contributed by atoms with Crippen molar-refractivity contribution >= 4 is 46.1 Å². The molecule has 3 amide bonds. The molecule has 3 aromatic rings. The summed E-state index contributed by atoms with van der Waals surface area (Å²) in [5, 5.41) is 6.42. The van der Waals surface area contributed by atoms with Crippen molar-refractivity contribution < 1.29 is 14.4 Å². The van der Waals surface area contributed by atoms with Crippen LogP contribution in [0.5, 0.6) is 0 Å². The Morgan fingerprint density at radius 3 is 2.22 bits per heavy atom. The summed E-state index contributed by atoms with van der Waals surface area (Å²) in [4.78, 5) is 44.5. The molecule has 0 fully saturated rings. The molecule has 8 heteroatoms. The van der Waals surface area contributed by atoms with Crippen molar-refractivity contribution in [3.05, 3.63) is 89.5 Å². The maximum Gasteiger partial charge on any atom is 0.258 e. The number of rotatable bonds is 11. The minimum absolute atomic E-state index is 0.0384. The third-order valence-electron chi connectivity index (χ3n) is 7.19. The Labute approximate surface area is 242 Å². The van der Waals surface area contributed by atoms with E-state index in [4.69, 9.17) is 0 Å². The molecule has 0 aromatic heterocycles. The molecular formula is C33H39N5O3. The number of carbonyl (C=O) groups is 3. The predicted octanol–water partition coefficient (Wildman–Crippen LogP) is 5.41. The van der Waals surface area contributed by atoms with E-state index >= 15 is 0 Å². The van der Waals surface area contributed by atoms with Gasteiger partial charge in [-0.1, -0.05) is 43.7 Å². The predicted molar refractivity (Wildman–Crippen MR) is 167 cm³/mol. The first-order valence-corrected chi connectivity index (χ1v) is 14.0.